The predicted octanol–water partition coefficient (Wildman–Crippen LogP) is 3.24. The summed E-state index contributed by atoms with van der Waals surface area (Å²) >= 11 is 0. The maximum Gasteiger partial charge on any atom is 0.306 e. The van der Waals surface area contributed by atoms with Gasteiger partial charge in [-0.2, -0.15) is 0 Å². The molecule has 7 heteroatoms. The molecule has 0 radical (unpaired) electrons. The van der Waals surface area contributed by atoms with E-state index in [4.69, 9.17) is 4.74 Å². The lowest BCUT2D eigenvalue weighted by Crippen LogP contribution is -2.25. The molecule has 0 unspecified atom stereocenters. The van der Waals surface area contributed by atoms with Gasteiger partial charge in [-0.15, -0.1) is 0 Å². The Bertz CT molecular complexity index is 1120. The zero-order valence-corrected chi connectivity index (χ0v) is 17.0. The first-order valence-corrected chi connectivity index (χ1v) is 10.3. The van der Waals surface area contributed by atoms with Crippen molar-refractivity contribution in [1.29, 1.82) is 0 Å². The summed E-state index contributed by atoms with van der Waals surface area (Å²) < 4.78 is 5.07. The normalized spacial score (nSPS) is 12.9. The summed E-state index contributed by atoms with van der Waals surface area (Å²) in [5, 5.41) is 6.59. The van der Waals surface area contributed by atoms with Crippen LogP contribution in [0, 0.1) is 0 Å². The van der Waals surface area contributed by atoms with Crippen LogP contribution in [0.3, 0.4) is 0 Å². The number of para-hydroxylation sites is 1. The van der Waals surface area contributed by atoms with Crippen molar-refractivity contribution in [2.24, 2.45) is 0 Å². The lowest BCUT2D eigenvalue weighted by molar-refractivity contribution is -0.147. The third-order valence-electron chi connectivity index (χ3n) is 4.93. The average Bonchev–Trinajstić information content (AvgIpc) is 3.60. The molecule has 0 saturated heterocycles. The topological polar surface area (TPSA) is 97.4 Å². The number of hydrogen-bond acceptors (Lipinski definition) is 5. The smallest absolute Gasteiger partial charge is 0.306 e. The second-order valence-electron chi connectivity index (χ2n) is 7.53. The molecule has 1 aliphatic carbocycles. The molecule has 1 heterocycles. The zero-order valence-electron chi connectivity index (χ0n) is 17.0. The number of nitrogens with zero attached hydrogens (tertiary/aromatic N) is 1. The summed E-state index contributed by atoms with van der Waals surface area (Å²) in [6, 6.07) is 18.5. The molecule has 31 heavy (non-hydrogen) atoms. The Morgan fingerprint density at radius 3 is 2.68 bits per heavy atom. The fraction of sp³-hybridized carbons (Fsp3) is 0.250. The van der Waals surface area contributed by atoms with Crippen LogP contribution in [0.2, 0.25) is 0 Å². The summed E-state index contributed by atoms with van der Waals surface area (Å²) in [4.78, 5) is 40.7. The highest BCUT2D eigenvalue weighted by Crippen LogP contribution is 2.20. The van der Waals surface area contributed by atoms with E-state index in [1.165, 1.54) is 0 Å². The standard InChI is InChI=1S/C24H23N3O4/c28-22(26-20-6-3-5-17(14-20)24(30)27-19-10-11-19)15-31-23(29)13-12-18-9-8-16-4-1-2-7-21(16)25-18/h1-9,14,19H,10-13,15H2,(H,26,28)(H,27,30). The van der Waals surface area contributed by atoms with Crippen molar-refractivity contribution in [3.05, 3.63) is 71.9 Å². The minimum Gasteiger partial charge on any atom is -0.456 e. The van der Waals surface area contributed by atoms with Gasteiger partial charge in [-0.05, 0) is 43.2 Å². The number of fused-ring (bicyclic) bond motifs is 1. The molecular weight excluding hydrogens is 394 g/mol. The van der Waals surface area contributed by atoms with Crippen molar-refractivity contribution >= 4 is 34.4 Å². The second kappa shape index (κ2) is 9.38. The van der Waals surface area contributed by atoms with E-state index in [1.54, 1.807) is 24.3 Å². The number of esters is 1. The van der Waals surface area contributed by atoms with Gasteiger partial charge in [-0.3, -0.25) is 19.4 Å². The van der Waals surface area contributed by atoms with Gasteiger partial charge in [-0.25, -0.2) is 0 Å². The largest absolute Gasteiger partial charge is 0.456 e. The summed E-state index contributed by atoms with van der Waals surface area (Å²) in [7, 11) is 0. The van der Waals surface area contributed by atoms with Crippen LogP contribution in [0.4, 0.5) is 5.69 Å². The number of rotatable bonds is 8. The third-order valence-corrected chi connectivity index (χ3v) is 4.93. The molecule has 0 bridgehead atoms. The van der Waals surface area contributed by atoms with Crippen LogP contribution in [0.1, 0.15) is 35.3 Å². The van der Waals surface area contributed by atoms with Crippen LogP contribution in [0.15, 0.2) is 60.7 Å². The summed E-state index contributed by atoms with van der Waals surface area (Å²) in [5.74, 6) is -1.09. The van der Waals surface area contributed by atoms with Crippen molar-refractivity contribution in [2.75, 3.05) is 11.9 Å². The number of nitrogens with one attached hydrogen (secondary N) is 2. The first-order chi connectivity index (χ1) is 15.1. The fourth-order valence-electron chi connectivity index (χ4n) is 3.13. The van der Waals surface area contributed by atoms with Crippen LogP contribution in [-0.2, 0) is 20.7 Å². The molecule has 0 aliphatic heterocycles. The van der Waals surface area contributed by atoms with Crippen LogP contribution >= 0.6 is 0 Å². The van der Waals surface area contributed by atoms with Crippen molar-refractivity contribution in [2.45, 2.75) is 31.7 Å². The first-order valence-electron chi connectivity index (χ1n) is 10.3. The Labute approximate surface area is 179 Å². The van der Waals surface area contributed by atoms with Gasteiger partial charge >= 0.3 is 5.97 Å². The number of hydrogen-bond donors (Lipinski definition) is 2. The van der Waals surface area contributed by atoms with E-state index in [2.05, 4.69) is 15.6 Å². The maximum atomic E-state index is 12.1. The van der Waals surface area contributed by atoms with Gasteiger partial charge in [0.2, 0.25) is 0 Å². The first kappa shape index (κ1) is 20.5. The number of ether oxygens (including phenoxy) is 1. The Kier molecular flexibility index (Phi) is 6.21. The number of pyridine rings is 1. The molecule has 2 aromatic carbocycles. The molecule has 1 fully saturated rings. The molecule has 4 rings (SSSR count). The number of amides is 2. The lowest BCUT2D eigenvalue weighted by atomic mass is 10.1. The fourth-order valence-corrected chi connectivity index (χ4v) is 3.13. The lowest BCUT2D eigenvalue weighted by Gasteiger charge is -2.09. The van der Waals surface area contributed by atoms with E-state index < -0.39 is 11.9 Å². The van der Waals surface area contributed by atoms with Gasteiger partial charge in [-0.1, -0.05) is 30.3 Å². The van der Waals surface area contributed by atoms with Crippen LogP contribution < -0.4 is 10.6 Å². The molecular formula is C24H23N3O4. The number of benzene rings is 2. The monoisotopic (exact) mass is 417 g/mol. The van der Waals surface area contributed by atoms with Gasteiger partial charge in [0, 0.05) is 34.8 Å². The Balaban J connectivity index is 1.22. The van der Waals surface area contributed by atoms with Crippen LogP contribution in [-0.4, -0.2) is 35.4 Å². The maximum absolute atomic E-state index is 12.1. The van der Waals surface area contributed by atoms with E-state index in [1.807, 2.05) is 36.4 Å². The molecule has 7 nitrogen and oxygen atoms in total. The van der Waals surface area contributed by atoms with E-state index in [0.717, 1.165) is 29.4 Å². The van der Waals surface area contributed by atoms with Crippen molar-refractivity contribution in [1.82, 2.24) is 10.3 Å². The Hall–Kier alpha value is -3.74. The highest BCUT2D eigenvalue weighted by Gasteiger charge is 2.23. The Morgan fingerprint density at radius 1 is 1.00 bits per heavy atom. The van der Waals surface area contributed by atoms with Crippen molar-refractivity contribution in [3.63, 3.8) is 0 Å². The number of aromatic nitrogens is 1. The quantitative estimate of drug-likeness (QED) is 0.549. The number of anilines is 1. The van der Waals surface area contributed by atoms with Gasteiger partial charge in [0.1, 0.15) is 0 Å². The molecule has 1 aromatic heterocycles. The van der Waals surface area contributed by atoms with Gasteiger partial charge in [0.05, 0.1) is 11.9 Å². The van der Waals surface area contributed by atoms with E-state index >= 15 is 0 Å². The van der Waals surface area contributed by atoms with Gasteiger partial charge in [0.15, 0.2) is 6.61 Å². The molecule has 1 saturated carbocycles. The summed E-state index contributed by atoms with van der Waals surface area (Å²) in [6.45, 7) is -0.386. The SMILES string of the molecule is O=C(COC(=O)CCc1ccc2ccccc2n1)Nc1cccc(C(=O)NC2CC2)c1. The summed E-state index contributed by atoms with van der Waals surface area (Å²) in [5.41, 5.74) is 2.62. The Morgan fingerprint density at radius 2 is 1.84 bits per heavy atom. The van der Waals surface area contributed by atoms with E-state index in [0.29, 0.717) is 17.7 Å². The van der Waals surface area contributed by atoms with E-state index in [-0.39, 0.29) is 25.0 Å². The molecule has 158 valence electrons. The minimum atomic E-state index is -0.470. The third kappa shape index (κ3) is 5.88. The number of aryl methyl sites for hydroxylation is 1. The summed E-state index contributed by atoms with van der Waals surface area (Å²) in [6.07, 6.45) is 2.58. The van der Waals surface area contributed by atoms with Gasteiger partial charge in [0.25, 0.3) is 11.8 Å². The number of carbonyl (C=O) groups excluding carboxylic acids is 3. The van der Waals surface area contributed by atoms with Crippen molar-refractivity contribution < 1.29 is 19.1 Å². The molecule has 3 aromatic rings. The molecule has 2 N–H and O–H groups in total. The number of carbonyl (C=O) groups is 3. The zero-order chi connectivity index (χ0) is 21.6. The molecule has 1 aliphatic rings. The van der Waals surface area contributed by atoms with E-state index in [9.17, 15) is 14.4 Å². The molecule has 0 atom stereocenters. The highest BCUT2D eigenvalue weighted by molar-refractivity contribution is 5.98. The van der Waals surface area contributed by atoms with Gasteiger partial charge < -0.3 is 15.4 Å². The minimum absolute atomic E-state index is 0.134. The highest BCUT2D eigenvalue weighted by atomic mass is 16.5. The van der Waals surface area contributed by atoms with Crippen molar-refractivity contribution in [3.8, 4) is 0 Å². The van der Waals surface area contributed by atoms with Crippen LogP contribution in [0.5, 0.6) is 0 Å². The predicted molar refractivity (Wildman–Crippen MR) is 117 cm³/mol. The molecule has 0 spiro atoms. The van der Waals surface area contributed by atoms with Crippen LogP contribution in [0.25, 0.3) is 10.9 Å². The second-order valence-corrected chi connectivity index (χ2v) is 7.53. The molecule has 2 amide bonds. The average molecular weight is 417 g/mol.